The second kappa shape index (κ2) is 8.15. The van der Waals surface area contributed by atoms with Crippen molar-refractivity contribution in [3.63, 3.8) is 0 Å². The van der Waals surface area contributed by atoms with Crippen LogP contribution >= 0.6 is 11.6 Å². The van der Waals surface area contributed by atoms with Crippen molar-refractivity contribution >= 4 is 35.0 Å². The summed E-state index contributed by atoms with van der Waals surface area (Å²) in [5.41, 5.74) is 1.51. The molecule has 1 aliphatic heterocycles. The molecule has 2 aromatic carbocycles. The van der Waals surface area contributed by atoms with Gasteiger partial charge in [0.2, 0.25) is 5.82 Å². The normalized spacial score (nSPS) is 15.1. The summed E-state index contributed by atoms with van der Waals surface area (Å²) in [4.78, 5) is 12.9. The number of amides is 1. The number of benzene rings is 2. The molecule has 0 saturated carbocycles. The predicted octanol–water partition coefficient (Wildman–Crippen LogP) is 6.25. The number of anilines is 1. The second-order valence-electron chi connectivity index (χ2n) is 7.42. The van der Waals surface area contributed by atoms with Gasteiger partial charge in [-0.3, -0.25) is 4.79 Å². The van der Waals surface area contributed by atoms with E-state index in [1.165, 1.54) is 13.0 Å². The van der Waals surface area contributed by atoms with Crippen LogP contribution in [0.2, 0.25) is 5.02 Å². The first-order valence-corrected chi connectivity index (χ1v) is 9.98. The molecule has 4 rings (SSSR count). The molecule has 0 saturated heterocycles. The molecule has 10 heteroatoms. The summed E-state index contributed by atoms with van der Waals surface area (Å²) in [7, 11) is 0. The Morgan fingerprint density at radius 2 is 1.52 bits per heavy atom. The Hall–Kier alpha value is -3.46. The summed E-state index contributed by atoms with van der Waals surface area (Å²) in [5, 5.41) is 4.47. The lowest BCUT2D eigenvalue weighted by atomic mass is 10.1. The molecule has 170 valence electrons. The zero-order valence-corrected chi connectivity index (χ0v) is 18.2. The van der Waals surface area contributed by atoms with Gasteiger partial charge in [-0.1, -0.05) is 17.7 Å². The van der Waals surface area contributed by atoms with E-state index in [0.717, 1.165) is 17.1 Å². The lowest BCUT2D eigenvalue weighted by Gasteiger charge is -2.15. The fraction of sp³-hybridized carbons (Fsp3) is 0.130. The summed E-state index contributed by atoms with van der Waals surface area (Å²) < 4.78 is 71.0. The Morgan fingerprint density at radius 1 is 0.909 bits per heavy atom. The molecule has 0 fully saturated rings. The summed E-state index contributed by atoms with van der Waals surface area (Å²) in [6.07, 6.45) is 1.45. The van der Waals surface area contributed by atoms with Crippen LogP contribution in [0.5, 0.6) is 0 Å². The number of carbonyl (C=O) groups excluding carboxylic acids is 1. The van der Waals surface area contributed by atoms with E-state index in [9.17, 15) is 26.7 Å². The molecule has 0 spiro atoms. The van der Waals surface area contributed by atoms with E-state index in [0.29, 0.717) is 10.6 Å². The van der Waals surface area contributed by atoms with Gasteiger partial charge in [-0.15, -0.1) is 0 Å². The van der Waals surface area contributed by atoms with Crippen LogP contribution in [-0.4, -0.2) is 16.2 Å². The molecule has 1 aliphatic rings. The molecule has 4 nitrogen and oxygen atoms in total. The fourth-order valence-electron chi connectivity index (χ4n) is 3.72. The summed E-state index contributed by atoms with van der Waals surface area (Å²) >= 11 is 6.08. The van der Waals surface area contributed by atoms with Crippen molar-refractivity contribution in [2.24, 2.45) is 5.10 Å². The van der Waals surface area contributed by atoms with Crippen molar-refractivity contribution in [2.75, 3.05) is 5.01 Å². The van der Waals surface area contributed by atoms with Crippen molar-refractivity contribution in [3.05, 3.63) is 87.0 Å². The van der Waals surface area contributed by atoms with Crippen molar-refractivity contribution in [3.8, 4) is 5.69 Å². The van der Waals surface area contributed by atoms with E-state index in [1.54, 1.807) is 31.2 Å². The molecule has 3 aromatic rings. The molecule has 0 atom stereocenters. The Bertz CT molecular complexity index is 1360. The molecule has 0 N–H and O–H groups in total. The molecule has 33 heavy (non-hydrogen) atoms. The van der Waals surface area contributed by atoms with Crippen molar-refractivity contribution in [2.45, 2.75) is 20.8 Å². The van der Waals surface area contributed by atoms with Gasteiger partial charge in [-0.2, -0.15) is 10.1 Å². The van der Waals surface area contributed by atoms with Crippen LogP contribution in [0.1, 0.15) is 23.9 Å². The zero-order valence-electron chi connectivity index (χ0n) is 17.5. The maximum Gasteiger partial charge on any atom is 0.280 e. The van der Waals surface area contributed by atoms with Crippen LogP contribution in [0.25, 0.3) is 11.8 Å². The molecule has 1 amide bonds. The number of rotatable bonds is 3. The zero-order chi connectivity index (χ0) is 24.2. The molecule has 0 bridgehead atoms. The third-order valence-corrected chi connectivity index (χ3v) is 5.53. The van der Waals surface area contributed by atoms with Crippen LogP contribution in [0.3, 0.4) is 0 Å². The first-order chi connectivity index (χ1) is 15.5. The third-order valence-electron chi connectivity index (χ3n) is 5.30. The van der Waals surface area contributed by atoms with Gasteiger partial charge in [0, 0.05) is 22.1 Å². The Kier molecular flexibility index (Phi) is 5.61. The van der Waals surface area contributed by atoms with Gasteiger partial charge in [0.05, 0.1) is 11.3 Å². The number of hydrogen-bond donors (Lipinski definition) is 0. The number of aromatic nitrogens is 1. The minimum atomic E-state index is -2.31. The SMILES string of the molecule is CC1=NN(c2c(F)c(F)c(F)c(F)c2F)C(=O)/C1=C/c1cc(C)n(-c2cccc(Cl)c2)c1C. The molecule has 0 radical (unpaired) electrons. The van der Waals surface area contributed by atoms with E-state index in [1.807, 2.05) is 17.6 Å². The lowest BCUT2D eigenvalue weighted by Crippen LogP contribution is -2.25. The minimum absolute atomic E-state index is 0.0507. The van der Waals surface area contributed by atoms with Gasteiger partial charge < -0.3 is 4.57 Å². The Labute approximate surface area is 190 Å². The predicted molar refractivity (Wildman–Crippen MR) is 115 cm³/mol. The first-order valence-electron chi connectivity index (χ1n) is 9.61. The fourth-order valence-corrected chi connectivity index (χ4v) is 3.90. The molecular formula is C23H15ClF5N3O. The lowest BCUT2D eigenvalue weighted by molar-refractivity contribution is -0.114. The highest BCUT2D eigenvalue weighted by Crippen LogP contribution is 2.34. The molecule has 0 aliphatic carbocycles. The van der Waals surface area contributed by atoms with Crippen molar-refractivity contribution in [1.82, 2.24) is 4.57 Å². The molecule has 2 heterocycles. The van der Waals surface area contributed by atoms with Crippen LogP contribution in [-0.2, 0) is 4.79 Å². The van der Waals surface area contributed by atoms with E-state index < -0.39 is 40.7 Å². The Morgan fingerprint density at radius 3 is 2.12 bits per heavy atom. The highest BCUT2D eigenvalue weighted by molar-refractivity contribution is 6.32. The van der Waals surface area contributed by atoms with E-state index in [2.05, 4.69) is 5.10 Å². The van der Waals surface area contributed by atoms with Crippen LogP contribution in [0.4, 0.5) is 27.6 Å². The second-order valence-corrected chi connectivity index (χ2v) is 7.86. The van der Waals surface area contributed by atoms with Crippen LogP contribution < -0.4 is 5.01 Å². The number of halogens is 6. The molecule has 0 unspecified atom stereocenters. The average Bonchev–Trinajstić information content (AvgIpc) is 3.20. The monoisotopic (exact) mass is 479 g/mol. The summed E-state index contributed by atoms with van der Waals surface area (Å²) in [5.74, 6) is -11.9. The van der Waals surface area contributed by atoms with E-state index in [-0.39, 0.29) is 16.3 Å². The van der Waals surface area contributed by atoms with Crippen molar-refractivity contribution < 1.29 is 26.7 Å². The van der Waals surface area contributed by atoms with Crippen molar-refractivity contribution in [1.29, 1.82) is 0 Å². The number of hydrogen-bond acceptors (Lipinski definition) is 2. The minimum Gasteiger partial charge on any atom is -0.318 e. The van der Waals surface area contributed by atoms with Gasteiger partial charge in [-0.25, -0.2) is 22.0 Å². The molecular weight excluding hydrogens is 465 g/mol. The largest absolute Gasteiger partial charge is 0.318 e. The molecule has 1 aromatic heterocycles. The third kappa shape index (κ3) is 3.62. The Balaban J connectivity index is 1.79. The topological polar surface area (TPSA) is 37.6 Å². The summed E-state index contributed by atoms with van der Waals surface area (Å²) in [6.45, 7) is 5.04. The number of hydrazone groups is 1. The number of nitrogens with zero attached hydrogens (tertiary/aromatic N) is 3. The van der Waals surface area contributed by atoms with Crippen LogP contribution in [0, 0.1) is 42.9 Å². The number of carbonyl (C=O) groups is 1. The smallest absolute Gasteiger partial charge is 0.280 e. The van der Waals surface area contributed by atoms with E-state index in [4.69, 9.17) is 11.6 Å². The highest BCUT2D eigenvalue weighted by atomic mass is 35.5. The van der Waals surface area contributed by atoms with Gasteiger partial charge in [0.25, 0.3) is 5.91 Å². The van der Waals surface area contributed by atoms with Gasteiger partial charge in [0.15, 0.2) is 23.3 Å². The van der Waals surface area contributed by atoms with Crippen LogP contribution in [0.15, 0.2) is 41.0 Å². The first kappa shape index (κ1) is 22.7. The maximum absolute atomic E-state index is 14.2. The standard InChI is InChI=1S/C23H15ClF5N3O/c1-10-7-13(12(3)31(10)15-6-4-5-14(24)9-15)8-16-11(2)30-32(23(16)33)22-20(28)18(26)17(25)19(27)21(22)29/h4-9H,1-3H3/b16-8+. The summed E-state index contributed by atoms with van der Waals surface area (Å²) in [6, 6.07) is 8.91. The average molecular weight is 480 g/mol. The maximum atomic E-state index is 14.2. The van der Waals surface area contributed by atoms with Gasteiger partial charge in [-0.05, 0) is 56.7 Å². The highest BCUT2D eigenvalue weighted by Gasteiger charge is 2.37. The van der Waals surface area contributed by atoms with E-state index >= 15 is 0 Å². The quantitative estimate of drug-likeness (QED) is 0.189. The number of aryl methyl sites for hydroxylation is 1. The van der Waals surface area contributed by atoms with Gasteiger partial charge >= 0.3 is 0 Å². The van der Waals surface area contributed by atoms with Gasteiger partial charge in [0.1, 0.15) is 5.69 Å².